The standard InChI is InChI=1S/C8H10O3/c1-5-2-3-6(8(10)11)7(9)4-5/h2-3,7,9H,4H2,1H3,(H,10,11). The number of carbonyl (C=O) groups is 1. The second-order valence-corrected chi connectivity index (χ2v) is 2.66. The van der Waals surface area contributed by atoms with Crippen molar-refractivity contribution in [2.24, 2.45) is 0 Å². The molecule has 0 spiro atoms. The van der Waals surface area contributed by atoms with Crippen LogP contribution < -0.4 is 0 Å². The molecule has 0 amide bonds. The molecule has 1 atom stereocenters. The first-order chi connectivity index (χ1) is 5.11. The van der Waals surface area contributed by atoms with E-state index in [-0.39, 0.29) is 5.57 Å². The molecule has 1 aliphatic rings. The number of aliphatic hydroxyl groups is 1. The van der Waals surface area contributed by atoms with Gasteiger partial charge >= 0.3 is 5.97 Å². The summed E-state index contributed by atoms with van der Waals surface area (Å²) in [6.45, 7) is 1.86. The van der Waals surface area contributed by atoms with Crippen molar-refractivity contribution in [3.05, 3.63) is 23.3 Å². The Kier molecular flexibility index (Phi) is 2.10. The lowest BCUT2D eigenvalue weighted by atomic mass is 9.97. The first kappa shape index (κ1) is 8.01. The van der Waals surface area contributed by atoms with Gasteiger partial charge in [-0.15, -0.1) is 0 Å². The van der Waals surface area contributed by atoms with Crippen molar-refractivity contribution in [3.63, 3.8) is 0 Å². The Balaban J connectivity index is 2.87. The molecule has 11 heavy (non-hydrogen) atoms. The lowest BCUT2D eigenvalue weighted by Gasteiger charge is -2.14. The van der Waals surface area contributed by atoms with Crippen LogP contribution in [0.15, 0.2) is 23.3 Å². The fraction of sp³-hybridized carbons (Fsp3) is 0.375. The molecule has 0 aromatic rings. The van der Waals surface area contributed by atoms with Gasteiger partial charge < -0.3 is 10.2 Å². The summed E-state index contributed by atoms with van der Waals surface area (Å²) in [5, 5.41) is 17.8. The third kappa shape index (κ3) is 1.68. The van der Waals surface area contributed by atoms with Crippen molar-refractivity contribution >= 4 is 5.97 Å². The van der Waals surface area contributed by atoms with Gasteiger partial charge in [-0.05, 0) is 19.4 Å². The van der Waals surface area contributed by atoms with Crippen molar-refractivity contribution in [1.29, 1.82) is 0 Å². The van der Waals surface area contributed by atoms with Crippen LogP contribution in [0.25, 0.3) is 0 Å². The third-order valence-corrected chi connectivity index (χ3v) is 1.67. The van der Waals surface area contributed by atoms with Crippen molar-refractivity contribution in [3.8, 4) is 0 Å². The predicted molar refractivity (Wildman–Crippen MR) is 40.1 cm³/mol. The average molecular weight is 154 g/mol. The summed E-state index contributed by atoms with van der Waals surface area (Å²) in [6.07, 6.45) is 2.76. The van der Waals surface area contributed by atoms with Crippen LogP contribution in [0, 0.1) is 0 Å². The molecule has 0 saturated heterocycles. The van der Waals surface area contributed by atoms with Gasteiger partial charge in [0.1, 0.15) is 0 Å². The highest BCUT2D eigenvalue weighted by molar-refractivity contribution is 5.88. The monoisotopic (exact) mass is 154 g/mol. The van der Waals surface area contributed by atoms with Gasteiger partial charge in [-0.3, -0.25) is 0 Å². The molecule has 2 N–H and O–H groups in total. The van der Waals surface area contributed by atoms with Crippen LogP contribution in [-0.4, -0.2) is 22.3 Å². The number of aliphatic hydroxyl groups excluding tert-OH is 1. The zero-order valence-corrected chi connectivity index (χ0v) is 6.24. The molecule has 60 valence electrons. The molecular weight excluding hydrogens is 144 g/mol. The topological polar surface area (TPSA) is 57.5 Å². The average Bonchev–Trinajstić information content (AvgIpc) is 1.85. The van der Waals surface area contributed by atoms with E-state index in [1.54, 1.807) is 6.08 Å². The number of aliphatic carboxylic acids is 1. The summed E-state index contributed by atoms with van der Waals surface area (Å²) >= 11 is 0. The molecule has 0 fully saturated rings. The number of carboxylic acid groups (broad SMARTS) is 1. The van der Waals surface area contributed by atoms with Gasteiger partial charge in [-0.1, -0.05) is 11.6 Å². The number of hydrogen-bond acceptors (Lipinski definition) is 2. The maximum Gasteiger partial charge on any atom is 0.334 e. The normalized spacial score (nSPS) is 24.0. The Labute approximate surface area is 64.7 Å². The highest BCUT2D eigenvalue weighted by atomic mass is 16.4. The molecule has 0 bridgehead atoms. The maximum atomic E-state index is 10.4. The minimum absolute atomic E-state index is 0.0793. The van der Waals surface area contributed by atoms with E-state index >= 15 is 0 Å². The highest BCUT2D eigenvalue weighted by Crippen LogP contribution is 2.18. The molecule has 0 aromatic heterocycles. The largest absolute Gasteiger partial charge is 0.478 e. The van der Waals surface area contributed by atoms with Crippen LogP contribution in [0.2, 0.25) is 0 Å². The molecule has 0 saturated carbocycles. The molecule has 3 nitrogen and oxygen atoms in total. The van der Waals surface area contributed by atoms with Crippen molar-refractivity contribution in [2.45, 2.75) is 19.4 Å². The third-order valence-electron chi connectivity index (χ3n) is 1.67. The Morgan fingerprint density at radius 1 is 1.64 bits per heavy atom. The summed E-state index contributed by atoms with van der Waals surface area (Å²) in [4.78, 5) is 10.4. The van der Waals surface area contributed by atoms with Gasteiger partial charge in [0.05, 0.1) is 11.7 Å². The lowest BCUT2D eigenvalue weighted by molar-refractivity contribution is -0.133. The number of rotatable bonds is 1. The van der Waals surface area contributed by atoms with Crippen LogP contribution in [0.3, 0.4) is 0 Å². The molecule has 1 unspecified atom stereocenters. The first-order valence-electron chi connectivity index (χ1n) is 3.40. The fourth-order valence-electron chi connectivity index (χ4n) is 1.04. The molecule has 0 aromatic carbocycles. The Bertz CT molecular complexity index is 238. The van der Waals surface area contributed by atoms with E-state index in [9.17, 15) is 9.90 Å². The Morgan fingerprint density at radius 3 is 2.73 bits per heavy atom. The van der Waals surface area contributed by atoms with E-state index in [1.807, 2.05) is 6.92 Å². The molecule has 0 heterocycles. The molecule has 1 aliphatic carbocycles. The SMILES string of the molecule is CC1=CC=C(C(=O)O)C(O)C1. The number of hydrogen-bond donors (Lipinski definition) is 2. The summed E-state index contributed by atoms with van der Waals surface area (Å²) in [7, 11) is 0. The predicted octanol–water partition coefficient (Wildman–Crippen LogP) is 0.708. The van der Waals surface area contributed by atoms with E-state index in [1.165, 1.54) is 6.08 Å². The van der Waals surface area contributed by atoms with Gasteiger partial charge in [0, 0.05) is 0 Å². The zero-order valence-electron chi connectivity index (χ0n) is 6.24. The molecule has 3 heteroatoms. The summed E-state index contributed by atoms with van der Waals surface area (Å²) in [5.74, 6) is -1.04. The van der Waals surface area contributed by atoms with Gasteiger partial charge in [0.15, 0.2) is 0 Å². The van der Waals surface area contributed by atoms with Crippen LogP contribution in [0.5, 0.6) is 0 Å². The van der Waals surface area contributed by atoms with E-state index < -0.39 is 12.1 Å². The molecule has 0 radical (unpaired) electrons. The highest BCUT2D eigenvalue weighted by Gasteiger charge is 2.19. The lowest BCUT2D eigenvalue weighted by Crippen LogP contribution is -2.19. The van der Waals surface area contributed by atoms with E-state index in [2.05, 4.69) is 0 Å². The van der Waals surface area contributed by atoms with Crippen LogP contribution in [0.4, 0.5) is 0 Å². The number of allylic oxidation sites excluding steroid dienone is 2. The molecule has 0 aliphatic heterocycles. The van der Waals surface area contributed by atoms with Gasteiger partial charge in [-0.25, -0.2) is 4.79 Å². The van der Waals surface area contributed by atoms with Gasteiger partial charge in [0.2, 0.25) is 0 Å². The number of carboxylic acids is 1. The summed E-state index contributed by atoms with van der Waals surface area (Å²) in [6, 6.07) is 0. The Hall–Kier alpha value is -1.09. The van der Waals surface area contributed by atoms with E-state index in [0.717, 1.165) is 5.57 Å². The van der Waals surface area contributed by atoms with Gasteiger partial charge in [-0.2, -0.15) is 0 Å². The van der Waals surface area contributed by atoms with Crippen LogP contribution in [0.1, 0.15) is 13.3 Å². The van der Waals surface area contributed by atoms with Crippen molar-refractivity contribution < 1.29 is 15.0 Å². The summed E-state index contributed by atoms with van der Waals surface area (Å²) in [5.41, 5.74) is 1.08. The second-order valence-electron chi connectivity index (χ2n) is 2.66. The van der Waals surface area contributed by atoms with Crippen molar-refractivity contribution in [1.82, 2.24) is 0 Å². The van der Waals surface area contributed by atoms with Gasteiger partial charge in [0.25, 0.3) is 0 Å². The Morgan fingerprint density at radius 2 is 2.27 bits per heavy atom. The minimum atomic E-state index is -1.04. The zero-order chi connectivity index (χ0) is 8.43. The molecule has 1 rings (SSSR count). The van der Waals surface area contributed by atoms with Crippen molar-refractivity contribution in [2.75, 3.05) is 0 Å². The van der Waals surface area contributed by atoms with Crippen LogP contribution in [-0.2, 0) is 4.79 Å². The first-order valence-corrected chi connectivity index (χ1v) is 3.40. The second kappa shape index (κ2) is 2.88. The minimum Gasteiger partial charge on any atom is -0.478 e. The quantitative estimate of drug-likeness (QED) is 0.584. The smallest absolute Gasteiger partial charge is 0.334 e. The molecular formula is C8H10O3. The van der Waals surface area contributed by atoms with E-state index in [4.69, 9.17) is 5.11 Å². The summed E-state index contributed by atoms with van der Waals surface area (Å²) < 4.78 is 0. The van der Waals surface area contributed by atoms with Crippen LogP contribution >= 0.6 is 0 Å². The van der Waals surface area contributed by atoms with E-state index in [0.29, 0.717) is 6.42 Å². The maximum absolute atomic E-state index is 10.4. The fourth-order valence-corrected chi connectivity index (χ4v) is 1.04.